The van der Waals surface area contributed by atoms with Crippen LogP contribution in [0.4, 0.5) is 0 Å². The molecule has 8 nitrogen and oxygen atoms in total. The molecule has 1 aliphatic heterocycles. The van der Waals surface area contributed by atoms with Gasteiger partial charge in [-0.3, -0.25) is 9.48 Å². The Morgan fingerprint density at radius 2 is 1.97 bits per heavy atom. The molecule has 1 aromatic heterocycles. The van der Waals surface area contributed by atoms with Crippen molar-refractivity contribution in [2.45, 2.75) is 32.9 Å². The van der Waals surface area contributed by atoms with Crippen LogP contribution in [-0.2, 0) is 21.2 Å². The zero-order valence-electron chi connectivity index (χ0n) is 17.2. The van der Waals surface area contributed by atoms with Crippen LogP contribution in [0, 0.1) is 13.8 Å². The average molecular weight is 422 g/mol. The molecule has 1 aromatic carbocycles. The number of para-hydroxylation sites is 2. The van der Waals surface area contributed by atoms with Crippen LogP contribution in [0.5, 0.6) is 11.5 Å². The molecule has 0 N–H and O–H groups in total. The van der Waals surface area contributed by atoms with Crippen molar-refractivity contribution in [3.63, 3.8) is 0 Å². The lowest BCUT2D eigenvalue weighted by Gasteiger charge is -2.19. The van der Waals surface area contributed by atoms with Crippen LogP contribution in [0.25, 0.3) is 0 Å². The van der Waals surface area contributed by atoms with Crippen LogP contribution < -0.4 is 9.47 Å². The number of aromatic nitrogens is 2. The number of methoxy groups -OCH3 is 1. The highest BCUT2D eigenvalue weighted by atomic mass is 32.2. The fraction of sp³-hybridized carbons (Fsp3) is 0.500. The van der Waals surface area contributed by atoms with Gasteiger partial charge in [-0.25, -0.2) is 8.42 Å². The van der Waals surface area contributed by atoms with Crippen molar-refractivity contribution in [2.75, 3.05) is 32.3 Å². The van der Waals surface area contributed by atoms with Crippen LogP contribution in [0.2, 0.25) is 0 Å². The summed E-state index contributed by atoms with van der Waals surface area (Å²) in [5, 5.41) is 4.55. The van der Waals surface area contributed by atoms with Crippen LogP contribution in [-0.4, -0.2) is 61.3 Å². The monoisotopic (exact) mass is 421 g/mol. The maximum Gasteiger partial charge on any atom is 0.260 e. The van der Waals surface area contributed by atoms with Crippen molar-refractivity contribution in [2.24, 2.45) is 0 Å². The molecule has 29 heavy (non-hydrogen) atoms. The van der Waals surface area contributed by atoms with Crippen molar-refractivity contribution in [3.05, 3.63) is 41.2 Å². The topological polar surface area (TPSA) is 90.7 Å². The van der Waals surface area contributed by atoms with Gasteiger partial charge < -0.3 is 14.4 Å². The molecule has 158 valence electrons. The molecule has 1 aliphatic rings. The summed E-state index contributed by atoms with van der Waals surface area (Å²) >= 11 is 0. The summed E-state index contributed by atoms with van der Waals surface area (Å²) in [6.07, 6.45) is 0.575. The summed E-state index contributed by atoms with van der Waals surface area (Å²) in [4.78, 5) is 14.1. The molecule has 0 radical (unpaired) electrons. The SMILES string of the molecule is COc1ccccc1OCC(=O)N(C)Cc1c(C)nn([C@@H]2CCS(=O)(=O)C2)c1C. The van der Waals surface area contributed by atoms with Crippen molar-refractivity contribution in [1.29, 1.82) is 0 Å². The first kappa shape index (κ1) is 21.2. The van der Waals surface area contributed by atoms with E-state index in [0.29, 0.717) is 24.5 Å². The first-order valence-corrected chi connectivity index (χ1v) is 11.3. The maximum atomic E-state index is 12.5. The summed E-state index contributed by atoms with van der Waals surface area (Å²) in [6.45, 7) is 4.07. The van der Waals surface area contributed by atoms with Gasteiger partial charge in [0.1, 0.15) is 0 Å². The Hall–Kier alpha value is -2.55. The van der Waals surface area contributed by atoms with Gasteiger partial charge in [-0.15, -0.1) is 0 Å². The number of benzene rings is 1. The molecule has 2 aromatic rings. The molecule has 0 aliphatic carbocycles. The standard InChI is InChI=1S/C20H27N3O5S/c1-14-17(15(2)23(21-14)16-9-10-29(25,26)13-16)11-22(3)20(24)12-28-19-8-6-5-7-18(19)27-4/h5-8,16H,9-13H2,1-4H3/t16-/m1/s1. The summed E-state index contributed by atoms with van der Waals surface area (Å²) in [5.41, 5.74) is 2.63. The highest BCUT2D eigenvalue weighted by Crippen LogP contribution is 2.28. The van der Waals surface area contributed by atoms with Gasteiger partial charge in [-0.2, -0.15) is 5.10 Å². The zero-order valence-corrected chi connectivity index (χ0v) is 18.0. The van der Waals surface area contributed by atoms with E-state index in [1.165, 1.54) is 0 Å². The Morgan fingerprint density at radius 3 is 2.59 bits per heavy atom. The van der Waals surface area contributed by atoms with E-state index in [0.717, 1.165) is 17.0 Å². The molecular formula is C20H27N3O5S. The number of amides is 1. The number of hydrogen-bond donors (Lipinski definition) is 0. The number of nitrogens with zero attached hydrogens (tertiary/aromatic N) is 3. The predicted molar refractivity (Wildman–Crippen MR) is 109 cm³/mol. The maximum absolute atomic E-state index is 12.5. The third-order valence-electron chi connectivity index (χ3n) is 5.27. The number of ether oxygens (including phenoxy) is 2. The van der Waals surface area contributed by atoms with Gasteiger partial charge in [0.15, 0.2) is 27.9 Å². The molecule has 1 atom stereocenters. The molecule has 1 saturated heterocycles. The second-order valence-electron chi connectivity index (χ2n) is 7.34. The molecule has 3 rings (SSSR count). The van der Waals surface area contributed by atoms with E-state index in [4.69, 9.17) is 9.47 Å². The van der Waals surface area contributed by atoms with E-state index >= 15 is 0 Å². The van der Waals surface area contributed by atoms with Crippen LogP contribution >= 0.6 is 0 Å². The van der Waals surface area contributed by atoms with Crippen molar-refractivity contribution >= 4 is 15.7 Å². The quantitative estimate of drug-likeness (QED) is 0.678. The molecule has 1 fully saturated rings. The lowest BCUT2D eigenvalue weighted by Crippen LogP contribution is -2.31. The molecule has 0 saturated carbocycles. The second kappa shape index (κ2) is 8.44. The minimum absolute atomic E-state index is 0.107. The summed E-state index contributed by atoms with van der Waals surface area (Å²) in [7, 11) is 0.271. The minimum atomic E-state index is -2.99. The zero-order chi connectivity index (χ0) is 21.2. The van der Waals surface area contributed by atoms with Crippen molar-refractivity contribution < 1.29 is 22.7 Å². The first-order valence-electron chi connectivity index (χ1n) is 9.46. The van der Waals surface area contributed by atoms with E-state index < -0.39 is 9.84 Å². The van der Waals surface area contributed by atoms with Gasteiger partial charge in [0.2, 0.25) is 0 Å². The van der Waals surface area contributed by atoms with E-state index in [2.05, 4.69) is 5.10 Å². The number of carbonyl (C=O) groups excluding carboxylic acids is 1. The molecular weight excluding hydrogens is 394 g/mol. The number of sulfone groups is 1. The number of rotatable bonds is 7. The lowest BCUT2D eigenvalue weighted by atomic mass is 10.1. The van der Waals surface area contributed by atoms with E-state index in [-0.39, 0.29) is 30.1 Å². The third kappa shape index (κ3) is 4.72. The predicted octanol–water partition coefficient (Wildman–Crippen LogP) is 1.91. The Morgan fingerprint density at radius 1 is 1.28 bits per heavy atom. The highest BCUT2D eigenvalue weighted by molar-refractivity contribution is 7.91. The smallest absolute Gasteiger partial charge is 0.260 e. The van der Waals surface area contributed by atoms with Crippen molar-refractivity contribution in [3.8, 4) is 11.5 Å². The molecule has 2 heterocycles. The van der Waals surface area contributed by atoms with Crippen LogP contribution in [0.15, 0.2) is 24.3 Å². The molecule has 0 spiro atoms. The number of hydrogen-bond acceptors (Lipinski definition) is 6. The van der Waals surface area contributed by atoms with Crippen LogP contribution in [0.3, 0.4) is 0 Å². The molecule has 0 unspecified atom stereocenters. The summed E-state index contributed by atoms with van der Waals surface area (Å²) in [6, 6.07) is 7.03. The lowest BCUT2D eigenvalue weighted by molar-refractivity contribution is -0.132. The van der Waals surface area contributed by atoms with Gasteiger partial charge in [-0.05, 0) is 32.4 Å². The number of carbonyl (C=O) groups is 1. The van der Waals surface area contributed by atoms with Gasteiger partial charge in [0.25, 0.3) is 5.91 Å². The first-order chi connectivity index (χ1) is 13.7. The van der Waals surface area contributed by atoms with Gasteiger partial charge >= 0.3 is 0 Å². The average Bonchev–Trinajstić information content (AvgIpc) is 3.19. The van der Waals surface area contributed by atoms with E-state index in [9.17, 15) is 13.2 Å². The van der Waals surface area contributed by atoms with Gasteiger partial charge in [0.05, 0.1) is 30.4 Å². The summed E-state index contributed by atoms with van der Waals surface area (Å²) in [5.74, 6) is 1.23. The Kier molecular flexibility index (Phi) is 6.16. The largest absolute Gasteiger partial charge is 0.493 e. The second-order valence-corrected chi connectivity index (χ2v) is 9.57. The fourth-order valence-corrected chi connectivity index (χ4v) is 5.25. The minimum Gasteiger partial charge on any atom is -0.493 e. The number of likely N-dealkylation sites (N-methyl/N-ethyl adjacent to an activating group) is 1. The Labute approximate surface area is 171 Å². The normalized spacial score (nSPS) is 17.9. The Balaban J connectivity index is 1.66. The number of aryl methyl sites for hydroxylation is 1. The third-order valence-corrected chi connectivity index (χ3v) is 7.02. The molecule has 9 heteroatoms. The van der Waals surface area contributed by atoms with Crippen LogP contribution in [0.1, 0.15) is 29.4 Å². The van der Waals surface area contributed by atoms with E-state index in [1.54, 1.807) is 35.9 Å². The van der Waals surface area contributed by atoms with Gasteiger partial charge in [0, 0.05) is 24.8 Å². The van der Waals surface area contributed by atoms with Gasteiger partial charge in [-0.1, -0.05) is 12.1 Å². The fourth-order valence-electron chi connectivity index (χ4n) is 3.56. The Bertz CT molecular complexity index is 1000. The molecule has 1 amide bonds. The highest BCUT2D eigenvalue weighted by Gasteiger charge is 2.31. The summed E-state index contributed by atoms with van der Waals surface area (Å²) < 4.78 is 36.3. The van der Waals surface area contributed by atoms with Crippen molar-refractivity contribution in [1.82, 2.24) is 14.7 Å². The molecule has 0 bridgehead atoms. The van der Waals surface area contributed by atoms with E-state index in [1.807, 2.05) is 26.0 Å².